The Morgan fingerprint density at radius 1 is 1.50 bits per heavy atom. The SMILES string of the molecule is O=C(O)Cc1cc(OC(F)F)c(F)cc1[N+](=O)[O-]. The largest absolute Gasteiger partial charge is 0.481 e. The number of ether oxygens (including phenoxy) is 1. The monoisotopic (exact) mass is 265 g/mol. The van der Waals surface area contributed by atoms with Crippen molar-refractivity contribution in [2.75, 3.05) is 0 Å². The number of hydrogen-bond donors (Lipinski definition) is 1. The van der Waals surface area contributed by atoms with Crippen molar-refractivity contribution in [2.24, 2.45) is 0 Å². The molecule has 18 heavy (non-hydrogen) atoms. The quantitative estimate of drug-likeness (QED) is 0.649. The molecule has 0 atom stereocenters. The fraction of sp³-hybridized carbons (Fsp3) is 0.222. The summed E-state index contributed by atoms with van der Waals surface area (Å²) >= 11 is 0. The van der Waals surface area contributed by atoms with Gasteiger partial charge < -0.3 is 9.84 Å². The molecule has 1 aromatic carbocycles. The van der Waals surface area contributed by atoms with Gasteiger partial charge in [-0.1, -0.05) is 0 Å². The van der Waals surface area contributed by atoms with Crippen LogP contribution in [0.25, 0.3) is 0 Å². The minimum atomic E-state index is -3.32. The van der Waals surface area contributed by atoms with Crippen LogP contribution >= 0.6 is 0 Å². The van der Waals surface area contributed by atoms with Crippen LogP contribution in [0, 0.1) is 15.9 Å². The van der Waals surface area contributed by atoms with Crippen molar-refractivity contribution >= 4 is 11.7 Å². The Morgan fingerprint density at radius 3 is 2.56 bits per heavy atom. The number of nitro groups is 1. The predicted molar refractivity (Wildman–Crippen MR) is 51.0 cm³/mol. The van der Waals surface area contributed by atoms with Gasteiger partial charge in [-0.2, -0.15) is 8.78 Å². The van der Waals surface area contributed by atoms with Crippen LogP contribution in [0.1, 0.15) is 5.56 Å². The molecule has 0 spiro atoms. The summed E-state index contributed by atoms with van der Waals surface area (Å²) < 4.78 is 40.8. The first-order chi connectivity index (χ1) is 8.31. The van der Waals surface area contributed by atoms with Gasteiger partial charge in [-0.15, -0.1) is 0 Å². The van der Waals surface area contributed by atoms with Gasteiger partial charge in [0.05, 0.1) is 17.4 Å². The molecule has 0 fully saturated rings. The Morgan fingerprint density at radius 2 is 2.11 bits per heavy atom. The first-order valence-electron chi connectivity index (χ1n) is 4.44. The van der Waals surface area contributed by atoms with Crippen molar-refractivity contribution in [2.45, 2.75) is 13.0 Å². The van der Waals surface area contributed by atoms with Crippen LogP contribution in [-0.4, -0.2) is 22.6 Å². The third kappa shape index (κ3) is 3.34. The van der Waals surface area contributed by atoms with Crippen LogP contribution in [0.4, 0.5) is 18.9 Å². The molecule has 0 amide bonds. The lowest BCUT2D eigenvalue weighted by atomic mass is 10.1. The number of hydrogen-bond acceptors (Lipinski definition) is 4. The summed E-state index contributed by atoms with van der Waals surface area (Å²) in [4.78, 5) is 20.0. The van der Waals surface area contributed by atoms with E-state index in [0.717, 1.165) is 0 Å². The molecular weight excluding hydrogens is 259 g/mol. The zero-order valence-corrected chi connectivity index (χ0v) is 8.60. The third-order valence-corrected chi connectivity index (χ3v) is 1.89. The second-order valence-electron chi connectivity index (χ2n) is 3.12. The van der Waals surface area contributed by atoms with Gasteiger partial charge in [0, 0.05) is 5.56 Å². The molecule has 0 heterocycles. The molecule has 0 aromatic heterocycles. The molecule has 0 aliphatic carbocycles. The van der Waals surface area contributed by atoms with Crippen LogP contribution in [0.2, 0.25) is 0 Å². The number of rotatable bonds is 5. The lowest BCUT2D eigenvalue weighted by Crippen LogP contribution is -2.08. The summed E-state index contributed by atoms with van der Waals surface area (Å²) in [6.45, 7) is -3.32. The molecule has 0 aliphatic rings. The summed E-state index contributed by atoms with van der Waals surface area (Å²) in [5.41, 5.74) is -1.24. The lowest BCUT2D eigenvalue weighted by Gasteiger charge is -2.07. The highest BCUT2D eigenvalue weighted by atomic mass is 19.3. The highest BCUT2D eigenvalue weighted by molar-refractivity contribution is 5.72. The molecular formula is C9H6F3NO5. The Balaban J connectivity index is 3.25. The number of nitrogens with zero attached hydrogens (tertiary/aromatic N) is 1. The zero-order valence-electron chi connectivity index (χ0n) is 8.60. The average Bonchev–Trinajstić information content (AvgIpc) is 2.20. The summed E-state index contributed by atoms with van der Waals surface area (Å²) in [5.74, 6) is -3.73. The maximum Gasteiger partial charge on any atom is 0.387 e. The number of aliphatic carboxylic acids is 1. The van der Waals surface area contributed by atoms with Gasteiger partial charge in [0.1, 0.15) is 0 Å². The van der Waals surface area contributed by atoms with E-state index >= 15 is 0 Å². The molecule has 6 nitrogen and oxygen atoms in total. The smallest absolute Gasteiger partial charge is 0.387 e. The van der Waals surface area contributed by atoms with E-state index in [2.05, 4.69) is 4.74 Å². The van der Waals surface area contributed by atoms with Crippen molar-refractivity contribution in [3.05, 3.63) is 33.6 Å². The summed E-state index contributed by atoms with van der Waals surface area (Å²) in [6, 6.07) is 0.920. The van der Waals surface area contributed by atoms with Crippen molar-refractivity contribution in [1.29, 1.82) is 0 Å². The molecule has 1 N–H and O–H groups in total. The van der Waals surface area contributed by atoms with E-state index in [0.29, 0.717) is 12.1 Å². The van der Waals surface area contributed by atoms with E-state index < -0.39 is 46.7 Å². The molecule has 0 unspecified atom stereocenters. The van der Waals surface area contributed by atoms with Gasteiger partial charge in [-0.3, -0.25) is 14.9 Å². The molecule has 1 aromatic rings. The Hall–Kier alpha value is -2.32. The Bertz CT molecular complexity index is 491. The molecule has 9 heteroatoms. The van der Waals surface area contributed by atoms with Crippen LogP contribution in [0.5, 0.6) is 5.75 Å². The van der Waals surface area contributed by atoms with Crippen molar-refractivity contribution in [3.63, 3.8) is 0 Å². The molecule has 0 saturated carbocycles. The maximum absolute atomic E-state index is 13.2. The fourth-order valence-electron chi connectivity index (χ4n) is 1.25. The van der Waals surface area contributed by atoms with Crippen LogP contribution in [0.15, 0.2) is 12.1 Å². The molecule has 0 radical (unpaired) electrons. The Kier molecular flexibility index (Phi) is 4.08. The molecule has 0 saturated heterocycles. The van der Waals surface area contributed by atoms with E-state index in [1.165, 1.54) is 0 Å². The number of carbonyl (C=O) groups is 1. The highest BCUT2D eigenvalue weighted by Crippen LogP contribution is 2.29. The van der Waals surface area contributed by atoms with Gasteiger partial charge in [0.2, 0.25) is 0 Å². The topological polar surface area (TPSA) is 89.7 Å². The van der Waals surface area contributed by atoms with E-state index in [-0.39, 0.29) is 0 Å². The predicted octanol–water partition coefficient (Wildman–Crippen LogP) is 1.96. The summed E-state index contributed by atoms with van der Waals surface area (Å²) in [6.07, 6.45) is -0.809. The minimum Gasteiger partial charge on any atom is -0.481 e. The van der Waals surface area contributed by atoms with E-state index in [4.69, 9.17) is 5.11 Å². The van der Waals surface area contributed by atoms with Gasteiger partial charge in [-0.05, 0) is 6.07 Å². The van der Waals surface area contributed by atoms with Crippen molar-refractivity contribution < 1.29 is 32.7 Å². The van der Waals surface area contributed by atoms with E-state index in [1.54, 1.807) is 0 Å². The molecule has 0 bridgehead atoms. The Labute approximate surface area is 97.7 Å². The molecule has 98 valence electrons. The number of nitro benzene ring substituents is 1. The van der Waals surface area contributed by atoms with E-state index in [1.807, 2.05) is 0 Å². The number of alkyl halides is 2. The number of halogens is 3. The molecule has 0 aliphatic heterocycles. The van der Waals surface area contributed by atoms with Gasteiger partial charge >= 0.3 is 12.6 Å². The first kappa shape index (κ1) is 13.7. The fourth-order valence-corrected chi connectivity index (χ4v) is 1.25. The lowest BCUT2D eigenvalue weighted by molar-refractivity contribution is -0.385. The van der Waals surface area contributed by atoms with E-state index in [9.17, 15) is 28.1 Å². The third-order valence-electron chi connectivity index (χ3n) is 1.89. The van der Waals surface area contributed by atoms with Crippen molar-refractivity contribution in [1.82, 2.24) is 0 Å². The summed E-state index contributed by atoms with van der Waals surface area (Å²) in [7, 11) is 0. The van der Waals surface area contributed by atoms with Gasteiger partial charge in [0.25, 0.3) is 5.69 Å². The van der Waals surface area contributed by atoms with Crippen LogP contribution in [0.3, 0.4) is 0 Å². The second kappa shape index (κ2) is 5.34. The standard InChI is InChI=1S/C9H6F3NO5/c10-5-3-6(13(16)17)4(2-8(14)15)1-7(5)18-9(11)12/h1,3,9H,2H2,(H,14,15). The number of benzene rings is 1. The zero-order chi connectivity index (χ0) is 13.9. The molecule has 1 rings (SSSR count). The summed E-state index contributed by atoms with van der Waals surface area (Å²) in [5, 5.41) is 19.1. The number of carboxylic acid groups (broad SMARTS) is 1. The van der Waals surface area contributed by atoms with Gasteiger partial charge in [-0.25, -0.2) is 4.39 Å². The maximum atomic E-state index is 13.2. The second-order valence-corrected chi connectivity index (χ2v) is 3.12. The average molecular weight is 265 g/mol. The van der Waals surface area contributed by atoms with Crippen molar-refractivity contribution in [3.8, 4) is 5.75 Å². The van der Waals surface area contributed by atoms with Crippen LogP contribution < -0.4 is 4.74 Å². The highest BCUT2D eigenvalue weighted by Gasteiger charge is 2.22. The first-order valence-corrected chi connectivity index (χ1v) is 4.44. The van der Waals surface area contributed by atoms with Crippen LogP contribution in [-0.2, 0) is 11.2 Å². The number of carboxylic acids is 1. The minimum absolute atomic E-state index is 0.343. The van der Waals surface area contributed by atoms with Gasteiger partial charge in [0.15, 0.2) is 11.6 Å². The normalized spacial score (nSPS) is 10.4.